The number of rotatable bonds is 7. The van der Waals surface area contributed by atoms with E-state index in [1.54, 1.807) is 20.8 Å². The van der Waals surface area contributed by atoms with Crippen LogP contribution in [0.2, 0.25) is 0 Å². The van der Waals surface area contributed by atoms with Gasteiger partial charge in [-0.25, -0.2) is 4.79 Å². The fourth-order valence-corrected chi connectivity index (χ4v) is 6.49. The van der Waals surface area contributed by atoms with Crippen molar-refractivity contribution < 1.29 is 28.7 Å². The van der Waals surface area contributed by atoms with Gasteiger partial charge in [0, 0.05) is 18.0 Å². The Balaban J connectivity index is 1.51. The number of piperidine rings is 1. The van der Waals surface area contributed by atoms with Gasteiger partial charge in [-0.15, -0.1) is 0 Å². The van der Waals surface area contributed by atoms with Crippen LogP contribution in [-0.4, -0.2) is 70.4 Å². The molecule has 11 nitrogen and oxygen atoms in total. The van der Waals surface area contributed by atoms with E-state index in [-0.39, 0.29) is 41.0 Å². The summed E-state index contributed by atoms with van der Waals surface area (Å²) in [5.74, 6) is -2.05. The summed E-state index contributed by atoms with van der Waals surface area (Å²) in [6.07, 6.45) is 1.88. The number of carbonyl (C=O) groups excluding carboxylic acids is 5. The number of amides is 5. The highest BCUT2D eigenvalue weighted by Gasteiger charge is 2.70. The van der Waals surface area contributed by atoms with E-state index in [2.05, 4.69) is 29.8 Å². The highest BCUT2D eigenvalue weighted by Crippen LogP contribution is 2.65. The second kappa shape index (κ2) is 9.37. The van der Waals surface area contributed by atoms with Gasteiger partial charge in [-0.05, 0) is 69.1 Å². The van der Waals surface area contributed by atoms with Crippen molar-refractivity contribution in [2.24, 2.45) is 34.3 Å². The first-order valence-electron chi connectivity index (χ1n) is 14.0. The van der Waals surface area contributed by atoms with E-state index < -0.39 is 53.0 Å². The zero-order valence-electron chi connectivity index (χ0n) is 24.5. The maximum atomic E-state index is 13.9. The molecule has 2 aliphatic carbocycles. The van der Waals surface area contributed by atoms with Gasteiger partial charge in [0.05, 0.1) is 0 Å². The summed E-state index contributed by atoms with van der Waals surface area (Å²) in [4.78, 5) is 66.7. The summed E-state index contributed by atoms with van der Waals surface area (Å²) in [7, 11) is 0. The molecule has 4 aliphatic rings. The molecule has 218 valence electrons. The van der Waals surface area contributed by atoms with E-state index >= 15 is 0 Å². The third-order valence-electron chi connectivity index (χ3n) is 8.96. The number of nitrogens with two attached hydrogens (primary N) is 1. The van der Waals surface area contributed by atoms with Gasteiger partial charge in [-0.2, -0.15) is 0 Å². The molecule has 2 saturated carbocycles. The Kier molecular flexibility index (Phi) is 7.00. The molecule has 0 radical (unpaired) electrons. The van der Waals surface area contributed by atoms with Crippen molar-refractivity contribution >= 4 is 29.7 Å². The van der Waals surface area contributed by atoms with Crippen molar-refractivity contribution in [3.8, 4) is 0 Å². The number of hydrogen-bond acceptors (Lipinski definition) is 6. The second-order valence-corrected chi connectivity index (χ2v) is 14.7. The van der Waals surface area contributed by atoms with E-state index in [4.69, 9.17) is 10.5 Å². The van der Waals surface area contributed by atoms with Crippen molar-refractivity contribution in [1.82, 2.24) is 20.9 Å². The molecule has 39 heavy (non-hydrogen) atoms. The predicted molar refractivity (Wildman–Crippen MR) is 143 cm³/mol. The molecule has 2 aliphatic heterocycles. The molecule has 0 aromatic heterocycles. The van der Waals surface area contributed by atoms with Gasteiger partial charge < -0.3 is 31.3 Å². The smallest absolute Gasteiger partial charge is 0.408 e. The number of fused-ring (bicyclic) bond motifs is 1. The number of hydrogen-bond donors (Lipinski definition) is 4. The molecule has 5 N–H and O–H groups in total. The molecular weight excluding hydrogens is 502 g/mol. The van der Waals surface area contributed by atoms with Gasteiger partial charge in [0.25, 0.3) is 0 Å². The molecule has 0 aromatic rings. The Hall–Kier alpha value is -2.85. The third kappa shape index (κ3) is 5.87. The number of carbonyl (C=O) groups is 5. The number of nitrogens with one attached hydrogen (secondary N) is 3. The lowest BCUT2D eigenvalue weighted by Gasteiger charge is -2.38. The van der Waals surface area contributed by atoms with E-state index in [1.807, 2.05) is 20.8 Å². The summed E-state index contributed by atoms with van der Waals surface area (Å²) in [5.41, 5.74) is 3.95. The topological polar surface area (TPSA) is 160 Å². The minimum Gasteiger partial charge on any atom is -0.444 e. The zero-order valence-corrected chi connectivity index (χ0v) is 24.5. The first-order chi connectivity index (χ1) is 17.8. The highest BCUT2D eigenvalue weighted by atomic mass is 16.6. The molecular formula is C28H45N5O6. The van der Waals surface area contributed by atoms with Crippen LogP contribution >= 0.6 is 0 Å². The van der Waals surface area contributed by atoms with Crippen LogP contribution in [0, 0.1) is 28.6 Å². The summed E-state index contributed by atoms with van der Waals surface area (Å²) in [6.45, 7) is 15.2. The lowest BCUT2D eigenvalue weighted by Crippen LogP contribution is -2.60. The average Bonchev–Trinajstić information content (AvgIpc) is 3.48. The summed E-state index contributed by atoms with van der Waals surface area (Å²) in [6, 6.07) is -2.79. The van der Waals surface area contributed by atoms with Crippen LogP contribution in [0.3, 0.4) is 0 Å². The van der Waals surface area contributed by atoms with E-state index in [0.717, 1.165) is 12.8 Å². The molecule has 4 fully saturated rings. The van der Waals surface area contributed by atoms with Crippen LogP contribution in [-0.2, 0) is 23.9 Å². The minimum absolute atomic E-state index is 0.0957. The van der Waals surface area contributed by atoms with Crippen molar-refractivity contribution in [3.63, 3.8) is 0 Å². The summed E-state index contributed by atoms with van der Waals surface area (Å²) >= 11 is 0. The van der Waals surface area contributed by atoms with Gasteiger partial charge in [0.15, 0.2) is 0 Å². The summed E-state index contributed by atoms with van der Waals surface area (Å²) < 4.78 is 5.40. The first kappa shape index (κ1) is 29.1. The molecule has 1 unspecified atom stereocenters. The molecule has 2 saturated heterocycles. The molecule has 11 heteroatoms. The quantitative estimate of drug-likeness (QED) is 0.377. The SMILES string of the molecule is CC(C)(C)OC(=O)NC(C(=O)N1C[C@H]2[C@@H]([C@H]1C(=O)N[C@@H](C[C@@H]1CC3(CC3)NC1=O)C(N)=O)C2(C)C)C(C)(C)C. The fourth-order valence-electron chi connectivity index (χ4n) is 6.49. The van der Waals surface area contributed by atoms with Crippen LogP contribution < -0.4 is 21.7 Å². The Morgan fingerprint density at radius 3 is 2.21 bits per heavy atom. The molecule has 2 heterocycles. The number of alkyl carbamates (subject to hydrolysis) is 1. The van der Waals surface area contributed by atoms with E-state index in [0.29, 0.717) is 13.0 Å². The third-order valence-corrected chi connectivity index (χ3v) is 8.96. The number of primary amides is 1. The van der Waals surface area contributed by atoms with Crippen molar-refractivity contribution in [2.45, 2.75) is 110 Å². The van der Waals surface area contributed by atoms with Crippen molar-refractivity contribution in [2.75, 3.05) is 6.54 Å². The van der Waals surface area contributed by atoms with Gasteiger partial charge in [-0.3, -0.25) is 19.2 Å². The lowest BCUT2D eigenvalue weighted by atomic mass is 9.85. The van der Waals surface area contributed by atoms with E-state index in [9.17, 15) is 24.0 Å². The standard InChI is InChI=1S/C28H45N5O6/c1-25(2,3)19(31-24(38)39-26(4,5)6)23(37)33-13-15-17(27(15,7)8)18(33)22(36)30-16(20(29)34)11-14-12-28(9-10-28)32-21(14)35/h14-19H,9-13H2,1-8H3,(H2,29,34)(H,30,36)(H,31,38)(H,32,35)/t14-,15+,16+,17+,18+,19?/m1/s1. The zero-order chi connectivity index (χ0) is 29.3. The van der Waals surface area contributed by atoms with Crippen LogP contribution in [0.4, 0.5) is 4.79 Å². The molecule has 4 rings (SSSR count). The molecule has 6 atom stereocenters. The fraction of sp³-hybridized carbons (Fsp3) is 0.821. The Labute approximate surface area is 230 Å². The Morgan fingerprint density at radius 2 is 1.72 bits per heavy atom. The lowest BCUT2D eigenvalue weighted by molar-refractivity contribution is -0.144. The maximum Gasteiger partial charge on any atom is 0.408 e. The molecule has 5 amide bonds. The largest absolute Gasteiger partial charge is 0.444 e. The highest BCUT2D eigenvalue weighted by molar-refractivity contribution is 5.95. The van der Waals surface area contributed by atoms with Crippen LogP contribution in [0.25, 0.3) is 0 Å². The number of likely N-dealkylation sites (tertiary alicyclic amines) is 1. The van der Waals surface area contributed by atoms with Gasteiger partial charge in [-0.1, -0.05) is 34.6 Å². The Morgan fingerprint density at radius 1 is 1.10 bits per heavy atom. The molecule has 0 aromatic carbocycles. The average molecular weight is 548 g/mol. The van der Waals surface area contributed by atoms with Gasteiger partial charge >= 0.3 is 6.09 Å². The molecule has 1 spiro atoms. The molecule has 0 bridgehead atoms. The number of ether oxygens (including phenoxy) is 1. The predicted octanol–water partition coefficient (Wildman–Crippen LogP) is 1.44. The minimum atomic E-state index is -1.03. The van der Waals surface area contributed by atoms with Crippen molar-refractivity contribution in [3.05, 3.63) is 0 Å². The van der Waals surface area contributed by atoms with Crippen LogP contribution in [0.5, 0.6) is 0 Å². The number of nitrogens with zero attached hydrogens (tertiary/aromatic N) is 1. The maximum absolute atomic E-state index is 13.9. The normalized spacial score (nSPS) is 29.6. The Bertz CT molecular complexity index is 1070. The van der Waals surface area contributed by atoms with Crippen LogP contribution in [0.1, 0.15) is 81.1 Å². The van der Waals surface area contributed by atoms with Crippen LogP contribution in [0.15, 0.2) is 0 Å². The van der Waals surface area contributed by atoms with Gasteiger partial charge in [0.1, 0.15) is 23.7 Å². The summed E-state index contributed by atoms with van der Waals surface area (Å²) in [5, 5.41) is 8.51. The van der Waals surface area contributed by atoms with E-state index in [1.165, 1.54) is 4.90 Å². The van der Waals surface area contributed by atoms with Gasteiger partial charge in [0.2, 0.25) is 23.6 Å². The monoisotopic (exact) mass is 547 g/mol. The first-order valence-corrected chi connectivity index (χ1v) is 14.0. The second-order valence-electron chi connectivity index (χ2n) is 14.7. The van der Waals surface area contributed by atoms with Crippen molar-refractivity contribution in [1.29, 1.82) is 0 Å².